The summed E-state index contributed by atoms with van der Waals surface area (Å²) in [6.07, 6.45) is 7.27. The van der Waals surface area contributed by atoms with Crippen LogP contribution < -0.4 is 5.32 Å². The molecule has 23 heavy (non-hydrogen) atoms. The number of nitrogens with one attached hydrogen (secondary N) is 1. The van der Waals surface area contributed by atoms with E-state index in [-0.39, 0.29) is 24.4 Å². The summed E-state index contributed by atoms with van der Waals surface area (Å²) in [4.78, 5) is 14.6. The Balaban J connectivity index is 0.00000264. The van der Waals surface area contributed by atoms with E-state index < -0.39 is 0 Å². The van der Waals surface area contributed by atoms with Crippen LogP contribution in [0.2, 0.25) is 0 Å². The first-order chi connectivity index (χ1) is 10.6. The zero-order valence-electron chi connectivity index (χ0n) is 14.5. The number of unbranched alkanes of at least 4 members (excludes halogenated alkanes) is 2. The summed E-state index contributed by atoms with van der Waals surface area (Å²) in [7, 11) is 0. The largest absolute Gasteiger partial charge is 0.335 e. The number of nitrogens with zero attached hydrogens (tertiary/aromatic N) is 4. The van der Waals surface area contributed by atoms with Gasteiger partial charge in [0.25, 0.3) is 5.91 Å². The summed E-state index contributed by atoms with van der Waals surface area (Å²) in [6, 6.07) is 0.552. The predicted octanol–water partition coefficient (Wildman–Crippen LogP) is 2.67. The molecule has 0 radical (unpaired) electrons. The highest BCUT2D eigenvalue weighted by atomic mass is 35.5. The summed E-state index contributed by atoms with van der Waals surface area (Å²) >= 11 is 0. The molecule has 6 nitrogen and oxygen atoms in total. The fourth-order valence-electron chi connectivity index (χ4n) is 2.90. The van der Waals surface area contributed by atoms with Crippen molar-refractivity contribution >= 4 is 18.3 Å². The second-order valence-corrected chi connectivity index (χ2v) is 6.36. The number of piperidine rings is 1. The van der Waals surface area contributed by atoms with Gasteiger partial charge in [-0.2, -0.15) is 0 Å². The Morgan fingerprint density at radius 1 is 1.39 bits per heavy atom. The maximum Gasteiger partial charge on any atom is 0.276 e. The Hall–Kier alpha value is -1.14. The van der Waals surface area contributed by atoms with Crippen LogP contribution in [0.25, 0.3) is 0 Å². The van der Waals surface area contributed by atoms with Crippen LogP contribution in [0.1, 0.15) is 69.4 Å². The molecule has 1 aliphatic rings. The van der Waals surface area contributed by atoms with Gasteiger partial charge in [-0.05, 0) is 46.2 Å². The van der Waals surface area contributed by atoms with Gasteiger partial charge in [-0.15, -0.1) is 17.5 Å². The molecule has 132 valence electrons. The number of aromatic nitrogens is 3. The Morgan fingerprint density at radius 3 is 2.70 bits per heavy atom. The summed E-state index contributed by atoms with van der Waals surface area (Å²) in [5.41, 5.74) is 0.476. The number of hydrogen-bond donors (Lipinski definition) is 1. The molecule has 0 aliphatic carbocycles. The van der Waals surface area contributed by atoms with Gasteiger partial charge in [-0.25, -0.2) is 4.68 Å². The predicted molar refractivity (Wildman–Crippen MR) is 94.1 cm³/mol. The van der Waals surface area contributed by atoms with Gasteiger partial charge in [0.15, 0.2) is 5.69 Å². The van der Waals surface area contributed by atoms with Gasteiger partial charge >= 0.3 is 0 Å². The smallest absolute Gasteiger partial charge is 0.276 e. The minimum Gasteiger partial charge on any atom is -0.335 e. The molecule has 1 saturated heterocycles. The molecule has 1 aliphatic heterocycles. The van der Waals surface area contributed by atoms with Gasteiger partial charge < -0.3 is 10.2 Å². The van der Waals surface area contributed by atoms with Crippen molar-refractivity contribution in [1.82, 2.24) is 25.2 Å². The number of rotatable bonds is 7. The average molecular weight is 344 g/mol. The molecule has 0 saturated carbocycles. The van der Waals surface area contributed by atoms with Crippen LogP contribution in [-0.2, 0) is 0 Å². The molecule has 7 heteroatoms. The number of hydrogen-bond acceptors (Lipinski definition) is 4. The molecule has 0 atom stereocenters. The van der Waals surface area contributed by atoms with E-state index in [0.717, 1.165) is 51.7 Å². The van der Waals surface area contributed by atoms with Crippen LogP contribution in [0, 0.1) is 0 Å². The number of carbonyl (C=O) groups excluding carboxylic acids is 1. The number of carbonyl (C=O) groups is 1. The van der Waals surface area contributed by atoms with Crippen molar-refractivity contribution in [2.45, 2.75) is 65.0 Å². The first kappa shape index (κ1) is 19.9. The molecule has 1 fully saturated rings. The number of amides is 1. The minimum absolute atomic E-state index is 0. The standard InChI is InChI=1S/C16H29N5O.ClH/c1-4-5-6-11-20(13(2)3)16(22)15-12-21(19-18-15)14-7-9-17-10-8-14;/h12-14,17H,4-11H2,1-3H3;1H. The zero-order chi connectivity index (χ0) is 15.9. The van der Waals surface area contributed by atoms with E-state index in [4.69, 9.17) is 0 Å². The third kappa shape index (κ3) is 5.46. The molecule has 1 aromatic heterocycles. The van der Waals surface area contributed by atoms with Crippen molar-refractivity contribution in [3.05, 3.63) is 11.9 Å². The van der Waals surface area contributed by atoms with Crippen molar-refractivity contribution in [1.29, 1.82) is 0 Å². The lowest BCUT2D eigenvalue weighted by Gasteiger charge is -2.26. The van der Waals surface area contributed by atoms with Crippen LogP contribution in [0.3, 0.4) is 0 Å². The molecule has 0 aromatic carbocycles. The van der Waals surface area contributed by atoms with Gasteiger partial charge in [0, 0.05) is 12.6 Å². The lowest BCUT2D eigenvalue weighted by Crippen LogP contribution is -2.38. The average Bonchev–Trinajstić information content (AvgIpc) is 3.01. The maximum atomic E-state index is 12.7. The summed E-state index contributed by atoms with van der Waals surface area (Å²) in [5.74, 6) is 0.00582. The van der Waals surface area contributed by atoms with E-state index >= 15 is 0 Å². The first-order valence-electron chi connectivity index (χ1n) is 8.57. The van der Waals surface area contributed by atoms with Crippen molar-refractivity contribution in [3.63, 3.8) is 0 Å². The minimum atomic E-state index is 0. The highest BCUT2D eigenvalue weighted by Crippen LogP contribution is 2.18. The zero-order valence-corrected chi connectivity index (χ0v) is 15.3. The van der Waals surface area contributed by atoms with Crippen molar-refractivity contribution in [2.75, 3.05) is 19.6 Å². The Labute approximate surface area is 145 Å². The molecule has 1 N–H and O–H groups in total. The van der Waals surface area contributed by atoms with E-state index in [1.54, 1.807) is 0 Å². The SMILES string of the molecule is CCCCCN(C(=O)c1cn(C2CCNCC2)nn1)C(C)C.Cl. The Morgan fingerprint density at radius 2 is 2.09 bits per heavy atom. The monoisotopic (exact) mass is 343 g/mol. The Kier molecular flexibility index (Phi) is 8.55. The highest BCUT2D eigenvalue weighted by molar-refractivity contribution is 5.92. The summed E-state index contributed by atoms with van der Waals surface area (Å²) in [6.45, 7) is 9.09. The summed E-state index contributed by atoms with van der Waals surface area (Å²) in [5, 5.41) is 11.7. The molecular weight excluding hydrogens is 314 g/mol. The van der Waals surface area contributed by atoms with Gasteiger partial charge in [-0.3, -0.25) is 4.79 Å². The lowest BCUT2D eigenvalue weighted by molar-refractivity contribution is 0.0696. The van der Waals surface area contributed by atoms with Crippen LogP contribution >= 0.6 is 12.4 Å². The van der Waals surface area contributed by atoms with Crippen LogP contribution in [0.4, 0.5) is 0 Å². The fourth-order valence-corrected chi connectivity index (χ4v) is 2.90. The third-order valence-electron chi connectivity index (χ3n) is 4.30. The second-order valence-electron chi connectivity index (χ2n) is 6.36. The molecule has 2 heterocycles. The molecule has 1 amide bonds. The normalized spacial score (nSPS) is 15.5. The quantitative estimate of drug-likeness (QED) is 0.773. The molecule has 0 spiro atoms. The molecule has 0 unspecified atom stereocenters. The number of halogens is 1. The fraction of sp³-hybridized carbons (Fsp3) is 0.812. The summed E-state index contributed by atoms with van der Waals surface area (Å²) < 4.78 is 1.87. The molecule has 2 rings (SSSR count). The second kappa shape index (κ2) is 9.88. The van der Waals surface area contributed by atoms with E-state index in [9.17, 15) is 4.79 Å². The molecule has 0 bridgehead atoms. The first-order valence-corrected chi connectivity index (χ1v) is 8.57. The lowest BCUT2D eigenvalue weighted by atomic mass is 10.1. The van der Waals surface area contributed by atoms with Gasteiger partial charge in [0.1, 0.15) is 0 Å². The van der Waals surface area contributed by atoms with Gasteiger partial charge in [-0.1, -0.05) is 25.0 Å². The van der Waals surface area contributed by atoms with Gasteiger partial charge in [0.2, 0.25) is 0 Å². The van der Waals surface area contributed by atoms with Gasteiger partial charge in [0.05, 0.1) is 12.2 Å². The van der Waals surface area contributed by atoms with Crippen LogP contribution in [0.15, 0.2) is 6.20 Å². The van der Waals surface area contributed by atoms with Crippen LogP contribution in [0.5, 0.6) is 0 Å². The molecular formula is C16H30ClN5O. The van der Waals surface area contributed by atoms with E-state index in [2.05, 4.69) is 36.4 Å². The van der Waals surface area contributed by atoms with Crippen molar-refractivity contribution in [2.24, 2.45) is 0 Å². The molecule has 1 aromatic rings. The van der Waals surface area contributed by atoms with Crippen molar-refractivity contribution < 1.29 is 4.79 Å². The highest BCUT2D eigenvalue weighted by Gasteiger charge is 2.23. The van der Waals surface area contributed by atoms with E-state index in [1.165, 1.54) is 0 Å². The van der Waals surface area contributed by atoms with Crippen molar-refractivity contribution in [3.8, 4) is 0 Å². The Bertz CT molecular complexity index is 471. The maximum absolute atomic E-state index is 12.7. The third-order valence-corrected chi connectivity index (χ3v) is 4.30. The topological polar surface area (TPSA) is 63.1 Å². The van der Waals surface area contributed by atoms with E-state index in [0.29, 0.717) is 11.7 Å². The van der Waals surface area contributed by atoms with Crippen LogP contribution in [-0.4, -0.2) is 51.5 Å². The van der Waals surface area contributed by atoms with E-state index in [1.807, 2.05) is 15.8 Å².